The van der Waals surface area contributed by atoms with Crippen molar-refractivity contribution in [2.45, 2.75) is 142 Å². The minimum absolute atomic E-state index is 0.0946. The van der Waals surface area contributed by atoms with Crippen LogP contribution in [0.25, 0.3) is 0 Å². The lowest BCUT2D eigenvalue weighted by molar-refractivity contribution is -0.146. The number of aromatic nitrogens is 2. The quantitative estimate of drug-likeness (QED) is 0.215. The van der Waals surface area contributed by atoms with Crippen LogP contribution in [-0.4, -0.2) is 86.9 Å². The number of carbonyl (C=O) groups is 6. The first-order valence-electron chi connectivity index (χ1n) is 18.6. The Labute approximate surface area is 296 Å². The van der Waals surface area contributed by atoms with Gasteiger partial charge >= 0.3 is 0 Å². The Balaban J connectivity index is 1.57. The molecule has 4 N–H and O–H groups in total. The fraction of sp³-hybridized carbons (Fsp3) is 0.730. The van der Waals surface area contributed by atoms with Gasteiger partial charge in [0.15, 0.2) is 0 Å². The lowest BCUT2D eigenvalue weighted by Gasteiger charge is -2.38. The van der Waals surface area contributed by atoms with E-state index in [9.17, 15) is 28.8 Å². The molecule has 5 amide bonds. The Hall–Kier alpha value is -3.90. The number of hydrogen-bond donors (Lipinski definition) is 4. The third-order valence-corrected chi connectivity index (χ3v) is 10.8. The highest BCUT2D eigenvalue weighted by molar-refractivity contribution is 6.38. The number of hydrogen-bond acceptors (Lipinski definition) is 8. The van der Waals surface area contributed by atoms with Gasteiger partial charge in [-0.2, -0.15) is 0 Å². The van der Waals surface area contributed by atoms with Crippen LogP contribution in [0, 0.1) is 23.2 Å². The Morgan fingerprint density at radius 1 is 0.900 bits per heavy atom. The van der Waals surface area contributed by atoms with Crippen molar-refractivity contribution in [2.75, 3.05) is 6.54 Å². The summed E-state index contributed by atoms with van der Waals surface area (Å²) in [6, 6.07) is -3.93. The van der Waals surface area contributed by atoms with Crippen LogP contribution in [0.5, 0.6) is 0 Å². The van der Waals surface area contributed by atoms with Crippen molar-refractivity contribution in [3.63, 3.8) is 0 Å². The van der Waals surface area contributed by atoms with Crippen LogP contribution in [0.15, 0.2) is 18.6 Å². The minimum atomic E-state index is -1.01. The molecule has 50 heavy (non-hydrogen) atoms. The van der Waals surface area contributed by atoms with E-state index in [1.165, 1.54) is 18.6 Å². The van der Waals surface area contributed by atoms with Gasteiger partial charge in [-0.15, -0.1) is 0 Å². The molecule has 1 aromatic heterocycles. The van der Waals surface area contributed by atoms with E-state index in [-0.39, 0.29) is 41.8 Å². The summed E-state index contributed by atoms with van der Waals surface area (Å²) in [5.74, 6) is -3.33. The molecule has 0 aromatic carbocycles. The lowest BCUT2D eigenvalue weighted by atomic mass is 9.82. The SMILES string of the molecule is CCCC(NC(=O)C1[C@H]2CCC[C@H]2CN1C(=O)[C@@H](NC(=O)[C@H](NC(=O)c1cnccn1)C1CCCCC1)C(C)(C)C)C(=O)C(=O)N[C@@H](C)CC. The first-order chi connectivity index (χ1) is 23.8. The molecule has 3 fully saturated rings. The average Bonchev–Trinajstić information content (AvgIpc) is 3.70. The van der Waals surface area contributed by atoms with Gasteiger partial charge in [0, 0.05) is 25.0 Å². The molecule has 0 bridgehead atoms. The van der Waals surface area contributed by atoms with E-state index in [1.807, 2.05) is 41.5 Å². The molecule has 0 radical (unpaired) electrons. The van der Waals surface area contributed by atoms with Gasteiger partial charge < -0.3 is 26.2 Å². The van der Waals surface area contributed by atoms with Crippen molar-refractivity contribution in [2.24, 2.45) is 23.2 Å². The predicted molar refractivity (Wildman–Crippen MR) is 187 cm³/mol. The largest absolute Gasteiger partial charge is 0.347 e. The highest BCUT2D eigenvalue weighted by atomic mass is 16.2. The average molecular weight is 696 g/mol. The molecular formula is C37H57N7O6. The molecule has 13 heteroatoms. The van der Waals surface area contributed by atoms with Gasteiger partial charge in [-0.25, -0.2) is 4.98 Å². The van der Waals surface area contributed by atoms with Gasteiger partial charge in [-0.1, -0.05) is 66.7 Å². The van der Waals surface area contributed by atoms with E-state index in [4.69, 9.17) is 0 Å². The summed E-state index contributed by atoms with van der Waals surface area (Å²) in [7, 11) is 0. The van der Waals surface area contributed by atoms with E-state index in [1.54, 1.807) is 4.90 Å². The van der Waals surface area contributed by atoms with Gasteiger partial charge in [-0.05, 0) is 68.6 Å². The molecule has 2 saturated carbocycles. The van der Waals surface area contributed by atoms with Crippen molar-refractivity contribution in [1.82, 2.24) is 36.1 Å². The fourth-order valence-corrected chi connectivity index (χ4v) is 7.78. The normalized spacial score (nSPS) is 23.2. The summed E-state index contributed by atoms with van der Waals surface area (Å²) >= 11 is 0. The number of Topliss-reactive ketones (excluding diaryl/α,β-unsaturated/α-hetero) is 1. The zero-order chi connectivity index (χ0) is 36.6. The van der Waals surface area contributed by atoms with Crippen molar-refractivity contribution in [1.29, 1.82) is 0 Å². The van der Waals surface area contributed by atoms with Crippen LogP contribution in [-0.2, 0) is 24.0 Å². The number of likely N-dealkylation sites (tertiary alicyclic amines) is 1. The first-order valence-corrected chi connectivity index (χ1v) is 18.6. The lowest BCUT2D eigenvalue weighted by Crippen LogP contribution is -2.62. The Morgan fingerprint density at radius 2 is 1.62 bits per heavy atom. The topological polar surface area (TPSA) is 180 Å². The highest BCUT2D eigenvalue weighted by Crippen LogP contribution is 2.43. The molecule has 13 nitrogen and oxygen atoms in total. The molecule has 2 heterocycles. The second-order valence-corrected chi connectivity index (χ2v) is 15.5. The molecule has 276 valence electrons. The number of amides is 5. The molecule has 2 aliphatic carbocycles. The number of fused-ring (bicyclic) bond motifs is 1. The second-order valence-electron chi connectivity index (χ2n) is 15.5. The van der Waals surface area contributed by atoms with Gasteiger partial charge in [0.25, 0.3) is 11.8 Å². The minimum Gasteiger partial charge on any atom is -0.347 e. The van der Waals surface area contributed by atoms with Gasteiger partial charge in [0.05, 0.1) is 12.2 Å². The van der Waals surface area contributed by atoms with Crippen LogP contribution in [0.3, 0.4) is 0 Å². The molecular weight excluding hydrogens is 638 g/mol. The zero-order valence-electron chi connectivity index (χ0n) is 30.6. The van der Waals surface area contributed by atoms with E-state index < -0.39 is 59.0 Å². The zero-order valence-corrected chi connectivity index (χ0v) is 30.6. The van der Waals surface area contributed by atoms with Crippen LogP contribution >= 0.6 is 0 Å². The molecule has 4 rings (SSSR count). The number of nitrogens with zero attached hydrogens (tertiary/aromatic N) is 3. The van der Waals surface area contributed by atoms with E-state index >= 15 is 0 Å². The van der Waals surface area contributed by atoms with E-state index in [2.05, 4.69) is 31.2 Å². The molecule has 2 unspecified atom stereocenters. The fourth-order valence-electron chi connectivity index (χ4n) is 7.78. The van der Waals surface area contributed by atoms with Gasteiger partial charge in [0.1, 0.15) is 23.8 Å². The van der Waals surface area contributed by atoms with Gasteiger partial charge in [-0.3, -0.25) is 33.8 Å². The molecule has 1 aromatic rings. The van der Waals surface area contributed by atoms with Crippen molar-refractivity contribution in [3.8, 4) is 0 Å². The maximum Gasteiger partial charge on any atom is 0.289 e. The molecule has 3 aliphatic rings. The number of nitrogens with one attached hydrogen (secondary N) is 4. The monoisotopic (exact) mass is 695 g/mol. The van der Waals surface area contributed by atoms with Gasteiger partial charge in [0.2, 0.25) is 23.5 Å². The summed E-state index contributed by atoms with van der Waals surface area (Å²) in [5.41, 5.74) is -0.647. The summed E-state index contributed by atoms with van der Waals surface area (Å²) in [6.45, 7) is 11.5. The summed E-state index contributed by atoms with van der Waals surface area (Å²) in [4.78, 5) is 91.7. The first kappa shape index (κ1) is 38.9. The van der Waals surface area contributed by atoms with Crippen LogP contribution < -0.4 is 21.3 Å². The Bertz CT molecular complexity index is 1380. The number of carbonyl (C=O) groups excluding carboxylic acids is 6. The van der Waals surface area contributed by atoms with Crippen LogP contribution in [0.4, 0.5) is 0 Å². The standard InChI is InChI=1S/C37H57N7O6/c1-7-13-26(30(45)35(49)40-22(3)8-2)41-34(48)29-25-17-12-16-24(25)21-44(29)36(50)31(37(4,5)6)43-33(47)28(23-14-10-9-11-15-23)42-32(46)27-20-38-18-19-39-27/h18-20,22-26,28-29,31H,7-17,21H2,1-6H3,(H,40,49)(H,41,48)(H,42,46)(H,43,47)/t22-,24-,25-,26?,28+,29?,31+/m0/s1. The summed E-state index contributed by atoms with van der Waals surface area (Å²) in [5, 5.41) is 11.5. The molecule has 0 spiro atoms. The van der Waals surface area contributed by atoms with Crippen LogP contribution in [0.2, 0.25) is 0 Å². The highest BCUT2D eigenvalue weighted by Gasteiger charge is 2.52. The Kier molecular flexibility index (Phi) is 13.5. The summed E-state index contributed by atoms with van der Waals surface area (Å²) < 4.78 is 0. The molecule has 1 aliphatic heterocycles. The number of ketones is 1. The summed E-state index contributed by atoms with van der Waals surface area (Å²) in [6.07, 6.45) is 12.8. The predicted octanol–water partition coefficient (Wildman–Crippen LogP) is 3.08. The third kappa shape index (κ3) is 9.45. The van der Waals surface area contributed by atoms with E-state index in [0.29, 0.717) is 19.4 Å². The smallest absolute Gasteiger partial charge is 0.289 e. The van der Waals surface area contributed by atoms with E-state index in [0.717, 1.165) is 51.4 Å². The van der Waals surface area contributed by atoms with Crippen molar-refractivity contribution < 1.29 is 28.8 Å². The van der Waals surface area contributed by atoms with Crippen LogP contribution in [0.1, 0.15) is 123 Å². The van der Waals surface area contributed by atoms with Crippen molar-refractivity contribution in [3.05, 3.63) is 24.3 Å². The number of rotatable bonds is 14. The maximum absolute atomic E-state index is 14.6. The maximum atomic E-state index is 14.6. The third-order valence-electron chi connectivity index (χ3n) is 10.8. The second kappa shape index (κ2) is 17.4. The van der Waals surface area contributed by atoms with Crippen molar-refractivity contribution >= 4 is 35.3 Å². The molecule has 7 atom stereocenters. The molecule has 1 saturated heterocycles. The Morgan fingerprint density at radius 3 is 2.24 bits per heavy atom.